The fraction of sp³-hybridized carbons (Fsp3) is 0.160. The van der Waals surface area contributed by atoms with Crippen LogP contribution < -0.4 is 10.3 Å². The van der Waals surface area contributed by atoms with Crippen molar-refractivity contribution in [2.24, 2.45) is 0 Å². The number of aromatic nitrogens is 1. The largest absolute Gasteiger partial charge is 0.494 e. The first kappa shape index (κ1) is 24.1. The Labute approximate surface area is 205 Å². The molecular formula is C25H22BrFN2O4S. The van der Waals surface area contributed by atoms with E-state index in [1.165, 1.54) is 34.6 Å². The van der Waals surface area contributed by atoms with E-state index in [9.17, 15) is 17.6 Å². The average Bonchev–Trinajstić information content (AvgIpc) is 2.81. The molecule has 34 heavy (non-hydrogen) atoms. The van der Waals surface area contributed by atoms with Gasteiger partial charge in [0, 0.05) is 34.0 Å². The minimum atomic E-state index is -4.01. The molecule has 1 N–H and O–H groups in total. The van der Waals surface area contributed by atoms with E-state index in [0.717, 1.165) is 5.39 Å². The lowest BCUT2D eigenvalue weighted by atomic mass is 10.1. The number of halogens is 2. The molecule has 0 atom stereocenters. The van der Waals surface area contributed by atoms with Crippen LogP contribution in [0.15, 0.2) is 87.0 Å². The van der Waals surface area contributed by atoms with Crippen LogP contribution in [-0.4, -0.2) is 24.3 Å². The third-order valence-electron chi connectivity index (χ3n) is 5.28. The lowest BCUT2D eigenvalue weighted by Crippen LogP contribution is -2.32. The van der Waals surface area contributed by atoms with Crippen LogP contribution in [0, 0.1) is 5.82 Å². The summed E-state index contributed by atoms with van der Waals surface area (Å²) in [6, 6.07) is 19.1. The summed E-state index contributed by atoms with van der Waals surface area (Å²) in [6.07, 6.45) is 0. The zero-order valence-electron chi connectivity index (χ0n) is 18.3. The molecule has 0 radical (unpaired) electrons. The number of pyridine rings is 1. The predicted molar refractivity (Wildman–Crippen MR) is 133 cm³/mol. The van der Waals surface area contributed by atoms with Gasteiger partial charge in [-0.15, -0.1) is 0 Å². The van der Waals surface area contributed by atoms with E-state index in [4.69, 9.17) is 4.74 Å². The molecule has 0 saturated heterocycles. The van der Waals surface area contributed by atoms with Gasteiger partial charge in [-0.25, -0.2) is 12.8 Å². The van der Waals surface area contributed by atoms with E-state index in [1.54, 1.807) is 42.5 Å². The maximum absolute atomic E-state index is 13.6. The molecule has 1 aromatic heterocycles. The number of aromatic amines is 1. The molecule has 0 fully saturated rings. The summed E-state index contributed by atoms with van der Waals surface area (Å²) < 4.78 is 47.8. The highest BCUT2D eigenvalue weighted by molar-refractivity contribution is 9.10. The Morgan fingerprint density at radius 1 is 1.00 bits per heavy atom. The van der Waals surface area contributed by atoms with Crippen LogP contribution >= 0.6 is 15.9 Å². The highest BCUT2D eigenvalue weighted by atomic mass is 79.9. The molecule has 0 unspecified atom stereocenters. The van der Waals surface area contributed by atoms with Gasteiger partial charge in [-0.2, -0.15) is 4.31 Å². The second-order valence-electron chi connectivity index (χ2n) is 7.64. The first-order valence-electron chi connectivity index (χ1n) is 10.6. The summed E-state index contributed by atoms with van der Waals surface area (Å²) in [4.78, 5) is 15.7. The summed E-state index contributed by atoms with van der Waals surface area (Å²) >= 11 is 3.31. The first-order chi connectivity index (χ1) is 16.3. The monoisotopic (exact) mass is 544 g/mol. The van der Waals surface area contributed by atoms with Gasteiger partial charge in [0.2, 0.25) is 10.0 Å². The highest BCUT2D eigenvalue weighted by Crippen LogP contribution is 2.27. The number of ether oxygens (including phenoxy) is 1. The molecule has 0 saturated carbocycles. The van der Waals surface area contributed by atoms with E-state index in [-0.39, 0.29) is 29.1 Å². The normalized spacial score (nSPS) is 11.8. The van der Waals surface area contributed by atoms with Crippen LogP contribution in [0.3, 0.4) is 0 Å². The van der Waals surface area contributed by atoms with Gasteiger partial charge >= 0.3 is 0 Å². The molecule has 0 aliphatic heterocycles. The van der Waals surface area contributed by atoms with Crippen LogP contribution in [-0.2, 0) is 23.1 Å². The van der Waals surface area contributed by atoms with Gasteiger partial charge in [0.25, 0.3) is 5.56 Å². The van der Waals surface area contributed by atoms with E-state index in [0.29, 0.717) is 27.9 Å². The van der Waals surface area contributed by atoms with Crippen molar-refractivity contribution >= 4 is 36.9 Å². The molecule has 4 rings (SSSR count). The minimum Gasteiger partial charge on any atom is -0.494 e. The topological polar surface area (TPSA) is 79.5 Å². The highest BCUT2D eigenvalue weighted by Gasteiger charge is 2.28. The summed E-state index contributed by atoms with van der Waals surface area (Å²) in [7, 11) is -4.01. The van der Waals surface area contributed by atoms with Crippen LogP contribution in [0.25, 0.3) is 10.9 Å². The molecule has 0 spiro atoms. The van der Waals surface area contributed by atoms with Gasteiger partial charge in [0.15, 0.2) is 0 Å². The predicted octanol–water partition coefficient (Wildman–Crippen LogP) is 5.22. The third kappa shape index (κ3) is 5.22. The standard InChI is InChI=1S/C25H22BrFN2O4S/c1-2-33-21-11-12-23-18(14-21)13-19(25(30)28-23)16-29(15-17-7-9-20(27)10-8-17)34(31,32)24-6-4-3-5-22(24)26/h3-14H,2,15-16H2,1H3,(H,28,30). The Bertz CT molecular complexity index is 1490. The van der Waals surface area contributed by atoms with Crippen molar-refractivity contribution in [1.82, 2.24) is 9.29 Å². The number of nitrogens with zero attached hydrogens (tertiary/aromatic N) is 1. The molecule has 0 amide bonds. The van der Waals surface area contributed by atoms with Gasteiger partial charge < -0.3 is 9.72 Å². The second kappa shape index (κ2) is 10.1. The number of benzene rings is 3. The maximum Gasteiger partial charge on any atom is 0.252 e. The summed E-state index contributed by atoms with van der Waals surface area (Å²) in [5.74, 6) is 0.233. The number of sulfonamides is 1. The van der Waals surface area contributed by atoms with Crippen molar-refractivity contribution in [3.63, 3.8) is 0 Å². The number of fused-ring (bicyclic) bond motifs is 1. The average molecular weight is 545 g/mol. The quantitative estimate of drug-likeness (QED) is 0.330. The van der Waals surface area contributed by atoms with Crippen molar-refractivity contribution in [2.45, 2.75) is 24.9 Å². The molecule has 4 aromatic rings. The molecule has 6 nitrogen and oxygen atoms in total. The number of hydrogen-bond donors (Lipinski definition) is 1. The lowest BCUT2D eigenvalue weighted by molar-refractivity contribution is 0.340. The Balaban J connectivity index is 1.78. The number of nitrogens with one attached hydrogen (secondary N) is 1. The number of H-pyrrole nitrogens is 1. The van der Waals surface area contributed by atoms with Gasteiger partial charge in [-0.1, -0.05) is 24.3 Å². The van der Waals surface area contributed by atoms with Crippen LogP contribution in [0.1, 0.15) is 18.1 Å². The van der Waals surface area contributed by atoms with E-state index < -0.39 is 15.8 Å². The van der Waals surface area contributed by atoms with Crippen molar-refractivity contribution in [2.75, 3.05) is 6.61 Å². The zero-order chi connectivity index (χ0) is 24.3. The molecule has 1 heterocycles. The smallest absolute Gasteiger partial charge is 0.252 e. The molecule has 9 heteroatoms. The molecule has 0 aliphatic rings. The third-order valence-corrected chi connectivity index (χ3v) is 8.08. The van der Waals surface area contributed by atoms with E-state index in [1.807, 2.05) is 6.92 Å². The van der Waals surface area contributed by atoms with Gasteiger partial charge in [0.05, 0.1) is 11.5 Å². The molecule has 0 aliphatic carbocycles. The van der Waals surface area contributed by atoms with Crippen LogP contribution in [0.4, 0.5) is 4.39 Å². The molecule has 176 valence electrons. The van der Waals surface area contributed by atoms with E-state index in [2.05, 4.69) is 20.9 Å². The van der Waals surface area contributed by atoms with Crippen LogP contribution in [0.2, 0.25) is 0 Å². The van der Waals surface area contributed by atoms with Crippen molar-refractivity contribution in [3.8, 4) is 5.75 Å². The summed E-state index contributed by atoms with van der Waals surface area (Å²) in [5.41, 5.74) is 1.10. The van der Waals surface area contributed by atoms with Crippen molar-refractivity contribution < 1.29 is 17.5 Å². The number of hydrogen-bond acceptors (Lipinski definition) is 4. The second-order valence-corrected chi connectivity index (χ2v) is 10.4. The van der Waals surface area contributed by atoms with E-state index >= 15 is 0 Å². The summed E-state index contributed by atoms with van der Waals surface area (Å²) in [5, 5.41) is 0.723. The Kier molecular flexibility index (Phi) is 7.16. The zero-order valence-corrected chi connectivity index (χ0v) is 20.7. The number of rotatable bonds is 8. The molecular weight excluding hydrogens is 523 g/mol. The lowest BCUT2D eigenvalue weighted by Gasteiger charge is -2.23. The van der Waals surface area contributed by atoms with Crippen LogP contribution in [0.5, 0.6) is 5.75 Å². The van der Waals surface area contributed by atoms with Crippen molar-refractivity contribution in [1.29, 1.82) is 0 Å². The minimum absolute atomic E-state index is 0.0413. The van der Waals surface area contributed by atoms with Gasteiger partial charge in [-0.3, -0.25) is 4.79 Å². The van der Waals surface area contributed by atoms with Gasteiger partial charge in [-0.05, 0) is 76.9 Å². The fourth-order valence-electron chi connectivity index (χ4n) is 3.61. The summed E-state index contributed by atoms with van der Waals surface area (Å²) in [6.45, 7) is 2.16. The first-order valence-corrected chi connectivity index (χ1v) is 12.8. The van der Waals surface area contributed by atoms with Crippen molar-refractivity contribution in [3.05, 3.63) is 105 Å². The SMILES string of the molecule is CCOc1ccc2[nH]c(=O)c(CN(Cc3ccc(F)cc3)S(=O)(=O)c3ccccc3Br)cc2c1. The fourth-order valence-corrected chi connectivity index (χ4v) is 5.98. The maximum atomic E-state index is 13.6. The Hall–Kier alpha value is -3.01. The molecule has 0 bridgehead atoms. The Morgan fingerprint density at radius 2 is 1.74 bits per heavy atom. The molecule has 3 aromatic carbocycles. The van der Waals surface area contributed by atoms with Gasteiger partial charge in [0.1, 0.15) is 11.6 Å². The Morgan fingerprint density at radius 3 is 2.44 bits per heavy atom.